The van der Waals surface area contributed by atoms with Gasteiger partial charge in [-0.15, -0.1) is 0 Å². The molecule has 0 saturated carbocycles. The molecule has 0 aliphatic heterocycles. The Hall–Kier alpha value is -2.50. The molecule has 2 rings (SSSR count). The number of fused-ring (bicyclic) bond motifs is 1. The largest absolute Gasteiger partial charge is 0.415 e. The minimum absolute atomic E-state index is 0.0883. The van der Waals surface area contributed by atoms with Crippen molar-refractivity contribution in [3.63, 3.8) is 0 Å². The van der Waals surface area contributed by atoms with Crippen LogP contribution in [0.3, 0.4) is 0 Å². The highest BCUT2D eigenvalue weighted by molar-refractivity contribution is 5.94. The summed E-state index contributed by atoms with van der Waals surface area (Å²) in [5, 5.41) is 11.0. The second kappa shape index (κ2) is 6.78. The van der Waals surface area contributed by atoms with Crippen molar-refractivity contribution in [1.82, 2.24) is 20.3 Å². The maximum Gasteiger partial charge on any atom is 0.415 e. The summed E-state index contributed by atoms with van der Waals surface area (Å²) >= 11 is 0. The molecule has 0 aromatic carbocycles. The zero-order chi connectivity index (χ0) is 18.8. The van der Waals surface area contributed by atoms with Crippen molar-refractivity contribution in [2.75, 3.05) is 6.54 Å². The standard InChI is InChI=1S/C13H10F6N4O2/c14-12(15,16)7(9(24)13(17,18)19)4-21-11(25)8-2-1-6-3-20-5-22-10(6)23-8/h1-3,5,7,9,24H,4H2,(H,21,25). The summed E-state index contributed by atoms with van der Waals surface area (Å²) < 4.78 is 75.2. The number of rotatable bonds is 4. The van der Waals surface area contributed by atoms with E-state index in [0.29, 0.717) is 5.39 Å². The molecule has 0 aliphatic carbocycles. The highest BCUT2D eigenvalue weighted by Gasteiger charge is 2.54. The number of alkyl halides is 6. The molecule has 2 N–H and O–H groups in total. The number of carbonyl (C=O) groups excluding carboxylic acids is 1. The molecule has 2 unspecified atom stereocenters. The number of carbonyl (C=O) groups is 1. The van der Waals surface area contributed by atoms with Gasteiger partial charge < -0.3 is 10.4 Å². The molecule has 0 aliphatic rings. The Labute approximate surface area is 135 Å². The van der Waals surface area contributed by atoms with E-state index in [1.807, 2.05) is 0 Å². The van der Waals surface area contributed by atoms with E-state index in [1.54, 1.807) is 5.32 Å². The van der Waals surface area contributed by atoms with Crippen LogP contribution in [0.4, 0.5) is 26.3 Å². The van der Waals surface area contributed by atoms with Crippen molar-refractivity contribution in [3.8, 4) is 0 Å². The summed E-state index contributed by atoms with van der Waals surface area (Å²) in [5.74, 6) is -4.34. The summed E-state index contributed by atoms with van der Waals surface area (Å²) in [5.41, 5.74) is -0.251. The summed E-state index contributed by atoms with van der Waals surface area (Å²) in [6.07, 6.45) is -12.0. The highest BCUT2D eigenvalue weighted by atomic mass is 19.4. The molecule has 136 valence electrons. The van der Waals surface area contributed by atoms with Gasteiger partial charge in [0.05, 0.1) is 0 Å². The Bertz CT molecular complexity index is 764. The molecular formula is C13H10F6N4O2. The molecule has 0 bridgehead atoms. The van der Waals surface area contributed by atoms with Gasteiger partial charge in [-0.3, -0.25) is 4.79 Å². The van der Waals surface area contributed by atoms with E-state index in [-0.39, 0.29) is 11.3 Å². The Morgan fingerprint density at radius 1 is 1.16 bits per heavy atom. The molecule has 0 fully saturated rings. The van der Waals surface area contributed by atoms with Crippen LogP contribution in [-0.4, -0.2) is 51.0 Å². The Morgan fingerprint density at radius 2 is 1.84 bits per heavy atom. The van der Waals surface area contributed by atoms with Crippen LogP contribution < -0.4 is 5.32 Å². The van der Waals surface area contributed by atoms with Crippen LogP contribution in [0.15, 0.2) is 24.7 Å². The van der Waals surface area contributed by atoms with Crippen LogP contribution in [0.1, 0.15) is 10.5 Å². The van der Waals surface area contributed by atoms with Gasteiger partial charge in [-0.2, -0.15) is 26.3 Å². The third-order valence-corrected chi connectivity index (χ3v) is 3.22. The zero-order valence-corrected chi connectivity index (χ0v) is 12.1. The number of nitrogens with zero attached hydrogens (tertiary/aromatic N) is 3. The molecular weight excluding hydrogens is 358 g/mol. The average molecular weight is 368 g/mol. The van der Waals surface area contributed by atoms with E-state index < -0.39 is 36.8 Å². The quantitative estimate of drug-likeness (QED) is 0.805. The Morgan fingerprint density at radius 3 is 2.44 bits per heavy atom. The number of aliphatic hydroxyl groups is 1. The Kier molecular flexibility index (Phi) is 5.11. The van der Waals surface area contributed by atoms with E-state index in [9.17, 15) is 31.1 Å². The zero-order valence-electron chi connectivity index (χ0n) is 12.1. The van der Waals surface area contributed by atoms with Crippen LogP contribution in [0.25, 0.3) is 11.0 Å². The normalized spacial score (nSPS) is 15.0. The van der Waals surface area contributed by atoms with Gasteiger partial charge in [0.15, 0.2) is 11.8 Å². The number of halogens is 6. The molecule has 0 saturated heterocycles. The lowest BCUT2D eigenvalue weighted by atomic mass is 10.0. The molecule has 2 heterocycles. The van der Waals surface area contributed by atoms with Crippen LogP contribution >= 0.6 is 0 Å². The van der Waals surface area contributed by atoms with Crippen molar-refractivity contribution in [1.29, 1.82) is 0 Å². The maximum absolute atomic E-state index is 12.7. The summed E-state index contributed by atoms with van der Waals surface area (Å²) in [6, 6.07) is 2.53. The molecule has 2 aromatic heterocycles. The van der Waals surface area contributed by atoms with Crippen LogP contribution in [-0.2, 0) is 0 Å². The van der Waals surface area contributed by atoms with Gasteiger partial charge in [0, 0.05) is 18.1 Å². The van der Waals surface area contributed by atoms with E-state index >= 15 is 0 Å². The highest BCUT2D eigenvalue weighted by Crippen LogP contribution is 2.35. The lowest BCUT2D eigenvalue weighted by Gasteiger charge is -2.26. The van der Waals surface area contributed by atoms with Gasteiger partial charge in [-0.25, -0.2) is 15.0 Å². The van der Waals surface area contributed by atoms with Gasteiger partial charge in [0.25, 0.3) is 5.91 Å². The molecule has 0 spiro atoms. The second-order valence-corrected chi connectivity index (χ2v) is 4.98. The molecule has 25 heavy (non-hydrogen) atoms. The first-order valence-corrected chi connectivity index (χ1v) is 6.66. The summed E-state index contributed by atoms with van der Waals surface area (Å²) in [7, 11) is 0. The van der Waals surface area contributed by atoms with E-state index in [2.05, 4.69) is 15.0 Å². The smallest absolute Gasteiger partial charge is 0.383 e. The topological polar surface area (TPSA) is 88.0 Å². The van der Waals surface area contributed by atoms with Crippen molar-refractivity contribution in [2.24, 2.45) is 5.92 Å². The Balaban J connectivity index is 2.14. The second-order valence-electron chi connectivity index (χ2n) is 4.98. The maximum atomic E-state index is 12.7. The van der Waals surface area contributed by atoms with Gasteiger partial charge in [-0.05, 0) is 12.1 Å². The minimum Gasteiger partial charge on any atom is -0.383 e. The molecule has 2 atom stereocenters. The average Bonchev–Trinajstić information content (AvgIpc) is 2.52. The van der Waals surface area contributed by atoms with Crippen molar-refractivity contribution in [2.45, 2.75) is 18.5 Å². The number of aromatic nitrogens is 3. The fraction of sp³-hybridized carbons (Fsp3) is 0.385. The molecule has 2 aromatic rings. The first-order valence-electron chi connectivity index (χ1n) is 6.66. The third kappa shape index (κ3) is 4.53. The fourth-order valence-electron chi connectivity index (χ4n) is 1.92. The first-order chi connectivity index (χ1) is 11.5. The van der Waals surface area contributed by atoms with Gasteiger partial charge in [0.1, 0.15) is 17.9 Å². The van der Waals surface area contributed by atoms with Crippen molar-refractivity contribution in [3.05, 3.63) is 30.4 Å². The van der Waals surface area contributed by atoms with E-state index in [4.69, 9.17) is 5.11 Å². The van der Waals surface area contributed by atoms with Crippen molar-refractivity contribution < 1.29 is 36.2 Å². The lowest BCUT2D eigenvalue weighted by Crippen LogP contribution is -2.49. The number of aliphatic hydroxyl groups excluding tert-OH is 1. The summed E-state index contributed by atoms with van der Waals surface area (Å²) in [6.45, 7) is -1.47. The number of nitrogens with one attached hydrogen (secondary N) is 1. The first kappa shape index (κ1) is 18.8. The monoisotopic (exact) mass is 368 g/mol. The minimum atomic E-state index is -5.48. The molecule has 1 amide bonds. The number of hydrogen-bond donors (Lipinski definition) is 2. The van der Waals surface area contributed by atoms with Crippen LogP contribution in [0, 0.1) is 5.92 Å². The number of amides is 1. The van der Waals surface area contributed by atoms with Crippen LogP contribution in [0.2, 0.25) is 0 Å². The third-order valence-electron chi connectivity index (χ3n) is 3.22. The molecule has 6 nitrogen and oxygen atoms in total. The summed E-state index contributed by atoms with van der Waals surface area (Å²) in [4.78, 5) is 23.1. The fourth-order valence-corrected chi connectivity index (χ4v) is 1.92. The predicted octanol–water partition coefficient (Wildman–Crippen LogP) is 1.86. The van der Waals surface area contributed by atoms with Gasteiger partial charge >= 0.3 is 12.4 Å². The van der Waals surface area contributed by atoms with E-state index in [0.717, 1.165) is 12.4 Å². The number of hydrogen-bond acceptors (Lipinski definition) is 5. The van der Waals surface area contributed by atoms with Gasteiger partial charge in [0.2, 0.25) is 0 Å². The van der Waals surface area contributed by atoms with E-state index in [1.165, 1.54) is 12.3 Å². The van der Waals surface area contributed by atoms with Crippen LogP contribution in [0.5, 0.6) is 0 Å². The lowest BCUT2D eigenvalue weighted by molar-refractivity contribution is -0.273. The predicted molar refractivity (Wildman–Crippen MR) is 71.3 cm³/mol. The number of pyridine rings is 1. The SMILES string of the molecule is O=C(NCC(C(O)C(F)(F)F)C(F)(F)F)c1ccc2cncnc2n1. The molecule has 0 radical (unpaired) electrons. The van der Waals surface area contributed by atoms with Crippen molar-refractivity contribution >= 4 is 16.9 Å². The van der Waals surface area contributed by atoms with Gasteiger partial charge in [-0.1, -0.05) is 0 Å². The molecule has 12 heteroatoms.